The molecule has 4 nitrogen and oxygen atoms in total. The number of ether oxygens (including phenoxy) is 1. The third kappa shape index (κ3) is 5.70. The first kappa shape index (κ1) is 20.2. The fourth-order valence-corrected chi connectivity index (χ4v) is 2.94. The highest BCUT2D eigenvalue weighted by Crippen LogP contribution is 2.28. The Kier molecular flexibility index (Phi) is 7.39. The number of hydrazone groups is 1. The third-order valence-corrected chi connectivity index (χ3v) is 4.52. The fraction of sp³-hybridized carbons (Fsp3) is 0.333. The van der Waals surface area contributed by atoms with E-state index in [1.807, 2.05) is 62.4 Å². The van der Waals surface area contributed by atoms with Crippen molar-refractivity contribution in [2.24, 2.45) is 11.0 Å². The van der Waals surface area contributed by atoms with E-state index in [9.17, 15) is 4.79 Å². The van der Waals surface area contributed by atoms with Crippen molar-refractivity contribution in [3.8, 4) is 5.75 Å². The van der Waals surface area contributed by atoms with Gasteiger partial charge in [-0.2, -0.15) is 5.10 Å². The summed E-state index contributed by atoms with van der Waals surface area (Å²) in [5.41, 5.74) is 5.63. The summed E-state index contributed by atoms with van der Waals surface area (Å²) in [6, 6.07) is 15.7. The van der Waals surface area contributed by atoms with E-state index in [0.717, 1.165) is 15.7 Å². The van der Waals surface area contributed by atoms with Gasteiger partial charge in [0.05, 0.1) is 10.2 Å². The normalized spacial score (nSPS) is 11.7. The molecule has 0 saturated heterocycles. The molecule has 138 valence electrons. The van der Waals surface area contributed by atoms with Crippen LogP contribution in [-0.4, -0.2) is 18.2 Å². The minimum absolute atomic E-state index is 0.0940. The molecular formula is C21H25BrN2O2. The first-order chi connectivity index (χ1) is 12.4. The molecule has 1 N–H and O–H groups in total. The Labute approximate surface area is 163 Å². The summed E-state index contributed by atoms with van der Waals surface area (Å²) in [6.07, 6.45) is 0. The van der Waals surface area contributed by atoms with Gasteiger partial charge in [-0.25, -0.2) is 5.43 Å². The molecule has 0 atom stereocenters. The molecule has 0 aliphatic rings. The van der Waals surface area contributed by atoms with Crippen LogP contribution in [-0.2, 0) is 4.79 Å². The number of amides is 1. The van der Waals surface area contributed by atoms with Crippen LogP contribution >= 0.6 is 15.9 Å². The lowest BCUT2D eigenvalue weighted by Gasteiger charge is -2.12. The molecule has 26 heavy (non-hydrogen) atoms. The largest absolute Gasteiger partial charge is 0.483 e. The smallest absolute Gasteiger partial charge is 0.277 e. The van der Waals surface area contributed by atoms with E-state index in [2.05, 4.69) is 40.3 Å². The van der Waals surface area contributed by atoms with Crippen molar-refractivity contribution in [3.63, 3.8) is 0 Å². The van der Waals surface area contributed by atoms with Crippen molar-refractivity contribution in [2.45, 2.75) is 33.6 Å². The predicted octanol–water partition coefficient (Wildman–Crippen LogP) is 5.13. The van der Waals surface area contributed by atoms with E-state index in [1.54, 1.807) is 0 Å². The van der Waals surface area contributed by atoms with Crippen molar-refractivity contribution < 1.29 is 9.53 Å². The van der Waals surface area contributed by atoms with Gasteiger partial charge in [-0.05, 0) is 51.0 Å². The summed E-state index contributed by atoms with van der Waals surface area (Å²) in [7, 11) is 0. The zero-order valence-electron chi connectivity index (χ0n) is 15.6. The van der Waals surface area contributed by atoms with Gasteiger partial charge >= 0.3 is 0 Å². The molecule has 0 fully saturated rings. The highest BCUT2D eigenvalue weighted by atomic mass is 79.9. The van der Waals surface area contributed by atoms with Gasteiger partial charge in [-0.1, -0.05) is 64.1 Å². The summed E-state index contributed by atoms with van der Waals surface area (Å²) in [6.45, 7) is 8.26. The molecule has 5 heteroatoms. The van der Waals surface area contributed by atoms with Crippen LogP contribution in [0.25, 0.3) is 0 Å². The van der Waals surface area contributed by atoms with Crippen LogP contribution < -0.4 is 10.2 Å². The zero-order valence-corrected chi connectivity index (χ0v) is 17.2. The molecule has 0 bridgehead atoms. The molecule has 2 aromatic rings. The van der Waals surface area contributed by atoms with E-state index in [4.69, 9.17) is 4.74 Å². The summed E-state index contributed by atoms with van der Waals surface area (Å²) >= 11 is 3.49. The average Bonchev–Trinajstić information content (AvgIpc) is 2.61. The summed E-state index contributed by atoms with van der Waals surface area (Å²) < 4.78 is 6.44. The lowest BCUT2D eigenvalue weighted by atomic mass is 10.0. The van der Waals surface area contributed by atoms with Crippen LogP contribution in [0, 0.1) is 5.92 Å². The van der Waals surface area contributed by atoms with Crippen molar-refractivity contribution >= 4 is 27.5 Å². The fourth-order valence-electron chi connectivity index (χ4n) is 2.43. The molecule has 0 spiro atoms. The van der Waals surface area contributed by atoms with E-state index in [1.165, 1.54) is 5.56 Å². The van der Waals surface area contributed by atoms with Gasteiger partial charge in [0, 0.05) is 0 Å². The number of nitrogens with zero attached hydrogens (tertiary/aromatic N) is 1. The number of hydrogen-bond acceptors (Lipinski definition) is 3. The summed E-state index contributed by atoms with van der Waals surface area (Å²) in [5, 5.41) is 4.29. The Bertz CT molecular complexity index is 771. The van der Waals surface area contributed by atoms with E-state index >= 15 is 0 Å². The van der Waals surface area contributed by atoms with E-state index < -0.39 is 0 Å². The third-order valence-electron chi connectivity index (χ3n) is 3.90. The molecule has 0 unspecified atom stereocenters. The van der Waals surface area contributed by atoms with Crippen LogP contribution in [0.4, 0.5) is 0 Å². The predicted molar refractivity (Wildman–Crippen MR) is 110 cm³/mol. The molecular weight excluding hydrogens is 392 g/mol. The van der Waals surface area contributed by atoms with E-state index in [0.29, 0.717) is 11.7 Å². The summed E-state index contributed by atoms with van der Waals surface area (Å²) in [4.78, 5) is 12.1. The summed E-state index contributed by atoms with van der Waals surface area (Å²) in [5.74, 6) is 0.973. The SMILES string of the molecule is CC(C)/C(=N\NC(=O)COc1ccc(C(C)C)cc1Br)c1ccccc1. The number of benzene rings is 2. The van der Waals surface area contributed by atoms with Crippen molar-refractivity contribution in [3.05, 3.63) is 64.1 Å². The number of rotatable bonds is 7. The van der Waals surface area contributed by atoms with Gasteiger partial charge in [0.2, 0.25) is 0 Å². The highest BCUT2D eigenvalue weighted by molar-refractivity contribution is 9.10. The van der Waals surface area contributed by atoms with E-state index in [-0.39, 0.29) is 18.4 Å². The second-order valence-corrected chi connectivity index (χ2v) is 7.54. The molecule has 0 radical (unpaired) electrons. The minimum Gasteiger partial charge on any atom is -0.483 e. The lowest BCUT2D eigenvalue weighted by molar-refractivity contribution is -0.123. The number of carbonyl (C=O) groups excluding carboxylic acids is 1. The second-order valence-electron chi connectivity index (χ2n) is 6.69. The maximum atomic E-state index is 12.1. The van der Waals surface area contributed by atoms with Crippen LogP contribution in [0.3, 0.4) is 0 Å². The van der Waals surface area contributed by atoms with Crippen LogP contribution in [0.15, 0.2) is 58.1 Å². The molecule has 2 rings (SSSR count). The average molecular weight is 417 g/mol. The monoisotopic (exact) mass is 416 g/mol. The van der Waals surface area contributed by atoms with Gasteiger partial charge in [0.15, 0.2) is 6.61 Å². The maximum absolute atomic E-state index is 12.1. The Hall–Kier alpha value is -2.14. The number of hydrogen-bond donors (Lipinski definition) is 1. The van der Waals surface area contributed by atoms with Gasteiger partial charge in [-0.15, -0.1) is 0 Å². The van der Waals surface area contributed by atoms with Gasteiger partial charge in [-0.3, -0.25) is 4.79 Å². The number of halogens is 1. The molecule has 0 aromatic heterocycles. The Morgan fingerprint density at radius 1 is 1.12 bits per heavy atom. The molecule has 2 aromatic carbocycles. The standard InChI is InChI=1S/C21H25BrN2O2/c1-14(2)17-10-11-19(18(22)12-17)26-13-20(25)23-24-21(15(3)4)16-8-6-5-7-9-16/h5-12,14-15H,13H2,1-4H3,(H,23,25)/b24-21+. The van der Waals surface area contributed by atoms with Crippen molar-refractivity contribution in [1.29, 1.82) is 0 Å². The molecule has 0 aliphatic heterocycles. The van der Waals surface area contributed by atoms with Gasteiger partial charge in [0.25, 0.3) is 5.91 Å². The van der Waals surface area contributed by atoms with Crippen LogP contribution in [0.1, 0.15) is 44.7 Å². The molecule has 0 aliphatic carbocycles. The quantitative estimate of drug-likeness (QED) is 0.502. The van der Waals surface area contributed by atoms with Crippen LogP contribution in [0.2, 0.25) is 0 Å². The Morgan fingerprint density at radius 2 is 1.81 bits per heavy atom. The Morgan fingerprint density at radius 3 is 2.38 bits per heavy atom. The Balaban J connectivity index is 1.98. The molecule has 0 saturated carbocycles. The van der Waals surface area contributed by atoms with Crippen molar-refractivity contribution in [1.82, 2.24) is 5.43 Å². The highest BCUT2D eigenvalue weighted by Gasteiger charge is 2.11. The van der Waals surface area contributed by atoms with Gasteiger partial charge in [0.1, 0.15) is 5.75 Å². The number of carbonyl (C=O) groups is 1. The lowest BCUT2D eigenvalue weighted by Crippen LogP contribution is -2.27. The number of nitrogens with one attached hydrogen (secondary N) is 1. The minimum atomic E-state index is -0.293. The molecule has 0 heterocycles. The first-order valence-electron chi connectivity index (χ1n) is 8.72. The van der Waals surface area contributed by atoms with Crippen LogP contribution in [0.5, 0.6) is 5.75 Å². The topological polar surface area (TPSA) is 50.7 Å². The second kappa shape index (κ2) is 9.53. The van der Waals surface area contributed by atoms with Gasteiger partial charge < -0.3 is 4.74 Å². The first-order valence-corrected chi connectivity index (χ1v) is 9.52. The van der Waals surface area contributed by atoms with Crippen molar-refractivity contribution in [2.75, 3.05) is 6.61 Å². The molecule has 1 amide bonds. The maximum Gasteiger partial charge on any atom is 0.277 e. The zero-order chi connectivity index (χ0) is 19.1.